The molecule has 0 atom stereocenters. The third-order valence-corrected chi connectivity index (χ3v) is 4.30. The van der Waals surface area contributed by atoms with Gasteiger partial charge in [-0.2, -0.15) is 0 Å². The van der Waals surface area contributed by atoms with Crippen LogP contribution in [0.4, 0.5) is 0 Å². The van der Waals surface area contributed by atoms with Crippen molar-refractivity contribution in [2.75, 3.05) is 6.54 Å². The van der Waals surface area contributed by atoms with Gasteiger partial charge in [-0.05, 0) is 37.1 Å². The number of hydrogen-bond donors (Lipinski definition) is 1. The molecule has 1 fully saturated rings. The molecule has 3 rings (SSSR count). The first kappa shape index (κ1) is 12.3. The van der Waals surface area contributed by atoms with E-state index in [0.29, 0.717) is 6.54 Å². The summed E-state index contributed by atoms with van der Waals surface area (Å²) >= 11 is 0. The van der Waals surface area contributed by atoms with Crippen LogP contribution in [0.1, 0.15) is 36.0 Å². The minimum Gasteiger partial charge on any atom is -0.329 e. The Balaban J connectivity index is 2.01. The summed E-state index contributed by atoms with van der Waals surface area (Å²) in [7, 11) is 0. The molecule has 0 aliphatic heterocycles. The molecule has 3 heteroatoms. The van der Waals surface area contributed by atoms with Crippen LogP contribution in [-0.2, 0) is 0 Å². The molecule has 98 valence electrons. The number of benzene rings is 1. The van der Waals surface area contributed by atoms with Crippen molar-refractivity contribution in [1.82, 2.24) is 4.98 Å². The molecule has 1 heterocycles. The molecule has 2 N–H and O–H groups in total. The molecule has 1 aliphatic rings. The Morgan fingerprint density at radius 1 is 1.26 bits per heavy atom. The van der Waals surface area contributed by atoms with Gasteiger partial charge in [-0.25, -0.2) is 0 Å². The van der Waals surface area contributed by atoms with Crippen LogP contribution in [0.5, 0.6) is 0 Å². The fourth-order valence-electron chi connectivity index (χ4n) is 3.10. The van der Waals surface area contributed by atoms with Crippen LogP contribution < -0.4 is 5.73 Å². The van der Waals surface area contributed by atoms with Gasteiger partial charge in [0.15, 0.2) is 5.78 Å². The summed E-state index contributed by atoms with van der Waals surface area (Å²) in [5.41, 5.74) is 7.26. The highest BCUT2D eigenvalue weighted by Gasteiger charge is 2.40. The van der Waals surface area contributed by atoms with Gasteiger partial charge in [0.1, 0.15) is 0 Å². The smallest absolute Gasteiger partial charge is 0.170 e. The van der Waals surface area contributed by atoms with E-state index >= 15 is 0 Å². The maximum atomic E-state index is 12.7. The molecule has 0 radical (unpaired) electrons. The second kappa shape index (κ2) is 4.74. The van der Waals surface area contributed by atoms with Crippen molar-refractivity contribution in [3.8, 4) is 0 Å². The van der Waals surface area contributed by atoms with Gasteiger partial charge < -0.3 is 5.73 Å². The maximum absolute atomic E-state index is 12.7. The van der Waals surface area contributed by atoms with E-state index in [1.165, 1.54) is 0 Å². The summed E-state index contributed by atoms with van der Waals surface area (Å²) in [6.45, 7) is 0.455. The molecule has 1 aromatic heterocycles. The number of rotatable bonds is 3. The van der Waals surface area contributed by atoms with Gasteiger partial charge in [-0.3, -0.25) is 9.78 Å². The molecule has 3 nitrogen and oxygen atoms in total. The number of carbonyl (C=O) groups is 1. The van der Waals surface area contributed by atoms with Crippen LogP contribution in [0.25, 0.3) is 10.9 Å². The van der Waals surface area contributed by atoms with E-state index in [4.69, 9.17) is 5.73 Å². The Hall–Kier alpha value is -1.74. The number of hydrogen-bond acceptors (Lipinski definition) is 3. The molecule has 2 aromatic rings. The fraction of sp³-hybridized carbons (Fsp3) is 0.375. The lowest BCUT2D eigenvalue weighted by atomic mass is 9.78. The normalized spacial score (nSPS) is 17.7. The number of nitrogens with zero attached hydrogens (tertiary/aromatic N) is 1. The summed E-state index contributed by atoms with van der Waals surface area (Å²) < 4.78 is 0. The van der Waals surface area contributed by atoms with Crippen LogP contribution in [-0.4, -0.2) is 17.3 Å². The van der Waals surface area contributed by atoms with Crippen molar-refractivity contribution in [2.45, 2.75) is 25.7 Å². The van der Waals surface area contributed by atoms with Gasteiger partial charge in [0.25, 0.3) is 0 Å². The Kier molecular flexibility index (Phi) is 3.07. The molecule has 0 saturated heterocycles. The molecular formula is C16H18N2O. The van der Waals surface area contributed by atoms with E-state index in [0.717, 1.165) is 42.1 Å². The van der Waals surface area contributed by atoms with Crippen molar-refractivity contribution in [3.63, 3.8) is 0 Å². The number of Topliss-reactive ketones (excluding diaryl/α,β-unsaturated/α-hetero) is 1. The van der Waals surface area contributed by atoms with Gasteiger partial charge in [-0.1, -0.05) is 18.9 Å². The van der Waals surface area contributed by atoms with Crippen molar-refractivity contribution >= 4 is 16.7 Å². The van der Waals surface area contributed by atoms with Crippen molar-refractivity contribution < 1.29 is 4.79 Å². The standard InChI is InChI=1S/C16H18N2O/c17-11-16(7-1-2-8-16)15(19)13-5-6-14-12(10-13)4-3-9-18-14/h3-6,9-10H,1-2,7-8,11,17H2. The Morgan fingerprint density at radius 2 is 2.05 bits per heavy atom. The number of aromatic nitrogens is 1. The second-order valence-electron chi connectivity index (χ2n) is 5.43. The third kappa shape index (κ3) is 2.04. The number of pyridine rings is 1. The monoisotopic (exact) mass is 254 g/mol. The van der Waals surface area contributed by atoms with Gasteiger partial charge in [0.2, 0.25) is 0 Å². The lowest BCUT2D eigenvalue weighted by Gasteiger charge is -2.25. The summed E-state index contributed by atoms with van der Waals surface area (Å²) in [5.74, 6) is 0.207. The minimum absolute atomic E-state index is 0.207. The highest BCUT2D eigenvalue weighted by Crippen LogP contribution is 2.40. The van der Waals surface area contributed by atoms with E-state index in [-0.39, 0.29) is 11.2 Å². The number of carbonyl (C=O) groups excluding carboxylic acids is 1. The predicted octanol–water partition coefficient (Wildman–Crippen LogP) is 2.94. The summed E-state index contributed by atoms with van der Waals surface area (Å²) in [5, 5.41) is 1.01. The maximum Gasteiger partial charge on any atom is 0.170 e. The van der Waals surface area contributed by atoms with Crippen molar-refractivity contribution in [3.05, 3.63) is 42.1 Å². The predicted molar refractivity (Wildman–Crippen MR) is 76.0 cm³/mol. The average molecular weight is 254 g/mol. The molecule has 19 heavy (non-hydrogen) atoms. The van der Waals surface area contributed by atoms with Gasteiger partial charge in [0.05, 0.1) is 5.52 Å². The molecule has 1 aromatic carbocycles. The van der Waals surface area contributed by atoms with Crippen LogP contribution >= 0.6 is 0 Å². The molecule has 0 unspecified atom stereocenters. The fourth-order valence-corrected chi connectivity index (χ4v) is 3.10. The first-order valence-corrected chi connectivity index (χ1v) is 6.85. The van der Waals surface area contributed by atoms with Gasteiger partial charge >= 0.3 is 0 Å². The number of ketones is 1. The molecule has 1 aliphatic carbocycles. The second-order valence-corrected chi connectivity index (χ2v) is 5.43. The lowest BCUT2D eigenvalue weighted by Crippen LogP contribution is -2.36. The van der Waals surface area contributed by atoms with Crippen molar-refractivity contribution in [2.24, 2.45) is 11.1 Å². The number of nitrogens with two attached hydrogens (primary N) is 1. The van der Waals surface area contributed by atoms with E-state index in [1.54, 1.807) is 6.20 Å². The molecule has 1 saturated carbocycles. The minimum atomic E-state index is -0.324. The largest absolute Gasteiger partial charge is 0.329 e. The lowest BCUT2D eigenvalue weighted by molar-refractivity contribution is 0.0810. The van der Waals surface area contributed by atoms with Crippen molar-refractivity contribution in [1.29, 1.82) is 0 Å². The molecule has 0 amide bonds. The molecule has 0 bridgehead atoms. The first-order chi connectivity index (χ1) is 9.25. The average Bonchev–Trinajstić information content (AvgIpc) is 2.96. The highest BCUT2D eigenvalue weighted by molar-refractivity contribution is 6.03. The summed E-state index contributed by atoms with van der Waals surface area (Å²) in [4.78, 5) is 17.0. The van der Waals surface area contributed by atoms with E-state index in [2.05, 4.69) is 4.98 Å². The Morgan fingerprint density at radius 3 is 2.79 bits per heavy atom. The van der Waals surface area contributed by atoms with Crippen LogP contribution in [0.3, 0.4) is 0 Å². The zero-order valence-electron chi connectivity index (χ0n) is 10.9. The zero-order valence-corrected chi connectivity index (χ0v) is 10.9. The highest BCUT2D eigenvalue weighted by atomic mass is 16.1. The quantitative estimate of drug-likeness (QED) is 0.857. The van der Waals surface area contributed by atoms with E-state index < -0.39 is 0 Å². The molecule has 0 spiro atoms. The summed E-state index contributed by atoms with van der Waals surface area (Å²) in [6, 6.07) is 9.63. The topological polar surface area (TPSA) is 56.0 Å². The van der Waals surface area contributed by atoms with Gasteiger partial charge in [0, 0.05) is 29.1 Å². The zero-order chi connectivity index (χ0) is 13.3. The number of fused-ring (bicyclic) bond motifs is 1. The Bertz CT molecular complexity index is 615. The molecular weight excluding hydrogens is 236 g/mol. The van der Waals surface area contributed by atoms with E-state index in [1.807, 2.05) is 30.3 Å². The van der Waals surface area contributed by atoms with E-state index in [9.17, 15) is 4.79 Å². The van der Waals surface area contributed by atoms with Crippen LogP contribution in [0.15, 0.2) is 36.5 Å². The summed E-state index contributed by atoms with van der Waals surface area (Å²) in [6.07, 6.45) is 5.83. The van der Waals surface area contributed by atoms with Gasteiger partial charge in [-0.15, -0.1) is 0 Å². The Labute approximate surface area is 112 Å². The van der Waals surface area contributed by atoms with Crippen LogP contribution in [0.2, 0.25) is 0 Å². The SMILES string of the molecule is NCC1(C(=O)c2ccc3ncccc3c2)CCCC1. The third-order valence-electron chi connectivity index (χ3n) is 4.30. The first-order valence-electron chi connectivity index (χ1n) is 6.85. The van der Waals surface area contributed by atoms with Crippen LogP contribution in [0, 0.1) is 5.41 Å².